The van der Waals surface area contributed by atoms with Crippen molar-refractivity contribution in [3.05, 3.63) is 12.3 Å². The molecule has 0 aliphatic carbocycles. The lowest BCUT2D eigenvalue weighted by Gasteiger charge is -2.38. The van der Waals surface area contributed by atoms with Crippen molar-refractivity contribution in [1.82, 2.24) is 15.4 Å². The van der Waals surface area contributed by atoms with Gasteiger partial charge < -0.3 is 15.2 Å². The van der Waals surface area contributed by atoms with Gasteiger partial charge in [0, 0.05) is 25.1 Å². The number of hydrogen-bond acceptors (Lipinski definition) is 7. The lowest BCUT2D eigenvalue weighted by Crippen LogP contribution is -2.48. The van der Waals surface area contributed by atoms with Gasteiger partial charge in [-0.1, -0.05) is 16.5 Å². The van der Waals surface area contributed by atoms with Gasteiger partial charge in [-0.3, -0.25) is 0 Å². The molecule has 1 fully saturated rings. The van der Waals surface area contributed by atoms with E-state index in [9.17, 15) is 13.2 Å². The van der Waals surface area contributed by atoms with Crippen molar-refractivity contribution in [3.8, 4) is 10.7 Å². The smallest absolute Gasteiger partial charge is 0.364 e. The second-order valence-corrected chi connectivity index (χ2v) is 6.11. The molecule has 0 spiro atoms. The lowest BCUT2D eigenvalue weighted by molar-refractivity contribution is -0.191. The van der Waals surface area contributed by atoms with E-state index in [1.807, 2.05) is 0 Å². The van der Waals surface area contributed by atoms with Crippen molar-refractivity contribution >= 4 is 16.5 Å². The summed E-state index contributed by atoms with van der Waals surface area (Å²) >= 11 is 1.28. The van der Waals surface area contributed by atoms with Crippen LogP contribution in [0.2, 0.25) is 0 Å². The van der Waals surface area contributed by atoms with Crippen LogP contribution in [0.3, 0.4) is 0 Å². The van der Waals surface area contributed by atoms with Gasteiger partial charge in [0.15, 0.2) is 5.01 Å². The maximum absolute atomic E-state index is 13.0. The summed E-state index contributed by atoms with van der Waals surface area (Å²) in [4.78, 5) is 1.81. The molecule has 1 aliphatic rings. The first-order valence-electron chi connectivity index (χ1n) is 6.75. The van der Waals surface area contributed by atoms with Crippen LogP contribution < -0.4 is 10.6 Å². The Morgan fingerprint density at radius 1 is 1.41 bits per heavy atom. The maximum atomic E-state index is 13.0. The normalized spacial score (nSPS) is 23.0. The Morgan fingerprint density at radius 3 is 2.86 bits per heavy atom. The molecule has 0 bridgehead atoms. The van der Waals surface area contributed by atoms with Crippen LogP contribution in [0.1, 0.15) is 6.42 Å². The van der Waals surface area contributed by atoms with Crippen LogP contribution in [-0.2, 0) is 0 Å². The van der Waals surface area contributed by atoms with Crippen molar-refractivity contribution in [3.63, 3.8) is 0 Å². The van der Waals surface area contributed by atoms with Gasteiger partial charge in [-0.05, 0) is 13.0 Å². The van der Waals surface area contributed by atoms with Crippen LogP contribution in [0.5, 0.6) is 0 Å². The van der Waals surface area contributed by atoms with E-state index in [0.717, 1.165) is 0 Å². The van der Waals surface area contributed by atoms with E-state index in [0.29, 0.717) is 15.8 Å². The number of anilines is 1. The average Bonchev–Trinajstić information content (AvgIpc) is 3.16. The molecule has 0 radical (unpaired) electrons. The standard InChI is InChI=1S/C12H14F3N5OS/c13-12(14,15)8-1-3-20(6-7(8)5-16)11-18-17-10(22-11)9-2-4-21-19-9/h2,4,7-8H,1,3,5-6,16H2. The molecule has 0 amide bonds. The highest BCUT2D eigenvalue weighted by Crippen LogP contribution is 2.39. The fraction of sp³-hybridized carbons (Fsp3) is 0.583. The maximum Gasteiger partial charge on any atom is 0.392 e. The Labute approximate surface area is 128 Å². The fourth-order valence-electron chi connectivity index (χ4n) is 2.65. The van der Waals surface area contributed by atoms with Crippen LogP contribution in [0.15, 0.2) is 16.9 Å². The number of aromatic nitrogens is 3. The quantitative estimate of drug-likeness (QED) is 0.927. The molecule has 0 aromatic carbocycles. The Hall–Kier alpha value is -1.68. The summed E-state index contributed by atoms with van der Waals surface area (Å²) in [5.41, 5.74) is 6.09. The molecule has 1 saturated heterocycles. The minimum Gasteiger partial charge on any atom is -0.364 e. The molecule has 3 rings (SSSR count). The number of nitrogens with two attached hydrogens (primary N) is 1. The van der Waals surface area contributed by atoms with Gasteiger partial charge >= 0.3 is 6.18 Å². The van der Waals surface area contributed by atoms with Crippen molar-refractivity contribution in [2.45, 2.75) is 12.6 Å². The summed E-state index contributed by atoms with van der Waals surface area (Å²) in [6.45, 7) is 0.512. The molecule has 0 saturated carbocycles. The summed E-state index contributed by atoms with van der Waals surface area (Å²) in [6.07, 6.45) is -2.76. The summed E-state index contributed by atoms with van der Waals surface area (Å²) in [5.74, 6) is -1.98. The zero-order chi connectivity index (χ0) is 15.7. The van der Waals surface area contributed by atoms with E-state index in [4.69, 9.17) is 10.3 Å². The monoisotopic (exact) mass is 333 g/mol. The Balaban J connectivity index is 1.74. The molecule has 22 heavy (non-hydrogen) atoms. The number of alkyl halides is 3. The lowest BCUT2D eigenvalue weighted by atomic mass is 9.85. The third kappa shape index (κ3) is 2.93. The SMILES string of the molecule is NCC1CN(c2nnc(-c3ccon3)s2)CCC1C(F)(F)F. The fourth-order valence-corrected chi connectivity index (χ4v) is 3.49. The summed E-state index contributed by atoms with van der Waals surface area (Å²) in [7, 11) is 0. The van der Waals surface area contributed by atoms with E-state index >= 15 is 0 Å². The second-order valence-electron chi connectivity index (χ2n) is 5.15. The highest BCUT2D eigenvalue weighted by molar-refractivity contribution is 7.18. The van der Waals surface area contributed by atoms with E-state index in [2.05, 4.69) is 15.4 Å². The van der Waals surface area contributed by atoms with Gasteiger partial charge in [0.1, 0.15) is 12.0 Å². The highest BCUT2D eigenvalue weighted by atomic mass is 32.1. The Morgan fingerprint density at radius 2 is 2.23 bits per heavy atom. The molecule has 2 N–H and O–H groups in total. The zero-order valence-electron chi connectivity index (χ0n) is 11.5. The molecule has 2 aromatic heterocycles. The van der Waals surface area contributed by atoms with Crippen LogP contribution in [-0.4, -0.2) is 41.2 Å². The highest BCUT2D eigenvalue weighted by Gasteiger charge is 2.46. The molecule has 120 valence electrons. The minimum absolute atomic E-state index is 0.00434. The van der Waals surface area contributed by atoms with Crippen molar-refractivity contribution in [2.24, 2.45) is 17.6 Å². The molecule has 2 unspecified atom stereocenters. The molecule has 2 aromatic rings. The molecular weight excluding hydrogens is 319 g/mol. The molecular formula is C12H14F3N5OS. The van der Waals surface area contributed by atoms with E-state index in [-0.39, 0.29) is 26.1 Å². The van der Waals surface area contributed by atoms with Gasteiger partial charge in [0.25, 0.3) is 0 Å². The first-order chi connectivity index (χ1) is 10.5. The molecule has 10 heteroatoms. The Bertz CT molecular complexity index is 615. The Kier molecular flexibility index (Phi) is 4.04. The average molecular weight is 333 g/mol. The van der Waals surface area contributed by atoms with Gasteiger partial charge in [-0.25, -0.2) is 0 Å². The van der Waals surface area contributed by atoms with E-state index in [1.165, 1.54) is 17.6 Å². The van der Waals surface area contributed by atoms with Crippen LogP contribution >= 0.6 is 11.3 Å². The summed E-state index contributed by atoms with van der Waals surface area (Å²) in [5, 5.41) is 13.0. The first kappa shape index (κ1) is 15.2. The predicted molar refractivity (Wildman–Crippen MR) is 74.3 cm³/mol. The van der Waals surface area contributed by atoms with Gasteiger partial charge in [-0.15, -0.1) is 10.2 Å². The van der Waals surface area contributed by atoms with E-state index in [1.54, 1.807) is 11.0 Å². The molecule has 2 atom stereocenters. The number of piperidine rings is 1. The number of halogens is 3. The van der Waals surface area contributed by atoms with Gasteiger partial charge in [0.05, 0.1) is 5.92 Å². The topological polar surface area (TPSA) is 81.1 Å². The first-order valence-corrected chi connectivity index (χ1v) is 7.56. The third-order valence-corrected chi connectivity index (χ3v) is 4.81. The minimum atomic E-state index is -4.21. The van der Waals surface area contributed by atoms with Gasteiger partial charge in [0.2, 0.25) is 5.13 Å². The zero-order valence-corrected chi connectivity index (χ0v) is 12.3. The number of nitrogens with zero attached hydrogens (tertiary/aromatic N) is 4. The van der Waals surface area contributed by atoms with Crippen LogP contribution in [0.4, 0.5) is 18.3 Å². The van der Waals surface area contributed by atoms with Crippen LogP contribution in [0, 0.1) is 11.8 Å². The van der Waals surface area contributed by atoms with Crippen LogP contribution in [0.25, 0.3) is 10.7 Å². The van der Waals surface area contributed by atoms with Gasteiger partial charge in [-0.2, -0.15) is 13.2 Å². The largest absolute Gasteiger partial charge is 0.392 e. The summed E-state index contributed by atoms with van der Waals surface area (Å²) in [6, 6.07) is 1.66. The van der Waals surface area contributed by atoms with Crippen molar-refractivity contribution in [1.29, 1.82) is 0 Å². The molecule has 3 heterocycles. The second kappa shape index (κ2) is 5.84. The molecule has 6 nitrogen and oxygen atoms in total. The van der Waals surface area contributed by atoms with E-state index < -0.39 is 18.0 Å². The van der Waals surface area contributed by atoms with Crippen molar-refractivity contribution < 1.29 is 17.7 Å². The predicted octanol–water partition coefficient (Wildman–Crippen LogP) is 2.16. The molecule has 1 aliphatic heterocycles. The number of hydrogen-bond donors (Lipinski definition) is 1. The summed E-state index contributed by atoms with van der Waals surface area (Å²) < 4.78 is 43.7. The third-order valence-electron chi connectivity index (χ3n) is 3.80. The number of rotatable bonds is 3. The van der Waals surface area contributed by atoms with Crippen molar-refractivity contribution in [2.75, 3.05) is 24.5 Å².